The van der Waals surface area contributed by atoms with Crippen molar-refractivity contribution in [3.63, 3.8) is 0 Å². The average molecular weight is 251 g/mol. The van der Waals surface area contributed by atoms with Crippen LogP contribution in [0.25, 0.3) is 0 Å². The molecule has 0 atom stereocenters. The van der Waals surface area contributed by atoms with E-state index in [0.717, 1.165) is 24.5 Å². The summed E-state index contributed by atoms with van der Waals surface area (Å²) < 4.78 is 0. The summed E-state index contributed by atoms with van der Waals surface area (Å²) in [4.78, 5) is 0. The molecule has 1 rings (SSSR count). The van der Waals surface area contributed by atoms with Gasteiger partial charge in [-0.15, -0.1) is 0 Å². The van der Waals surface area contributed by atoms with Crippen molar-refractivity contribution in [1.82, 2.24) is 5.32 Å². The molecule has 0 amide bonds. The normalized spacial score (nSPS) is 11.2. The zero-order valence-electron chi connectivity index (χ0n) is 10.5. The first kappa shape index (κ1) is 14.0. The molecule has 2 nitrogen and oxygen atoms in total. The van der Waals surface area contributed by atoms with E-state index in [1.807, 2.05) is 12.1 Å². The van der Waals surface area contributed by atoms with Crippen LogP contribution in [0.2, 0.25) is 5.02 Å². The Balaban J connectivity index is 2.45. The van der Waals surface area contributed by atoms with Crippen LogP contribution in [-0.2, 0) is 5.41 Å². The van der Waals surface area contributed by atoms with Crippen molar-refractivity contribution in [2.24, 2.45) is 0 Å². The van der Waals surface area contributed by atoms with E-state index in [4.69, 9.17) is 16.9 Å². The van der Waals surface area contributed by atoms with Gasteiger partial charge in [0, 0.05) is 23.4 Å². The van der Waals surface area contributed by atoms with Crippen LogP contribution in [0.3, 0.4) is 0 Å². The Kier molecular flexibility index (Phi) is 5.47. The number of rotatable bonds is 6. The third-order valence-corrected chi connectivity index (χ3v) is 3.09. The van der Waals surface area contributed by atoms with E-state index in [1.54, 1.807) is 0 Å². The van der Waals surface area contributed by atoms with Gasteiger partial charge in [0.2, 0.25) is 0 Å². The predicted octanol–water partition coefficient (Wildman–Crippen LogP) is 3.51. The molecule has 0 bridgehead atoms. The monoisotopic (exact) mass is 250 g/mol. The second-order valence-electron chi connectivity index (χ2n) is 4.83. The molecule has 0 spiro atoms. The third kappa shape index (κ3) is 4.77. The van der Waals surface area contributed by atoms with Crippen LogP contribution in [0.4, 0.5) is 0 Å². The summed E-state index contributed by atoms with van der Waals surface area (Å²) >= 11 is 5.88. The van der Waals surface area contributed by atoms with Crippen molar-refractivity contribution in [2.45, 2.75) is 32.1 Å². The molecule has 0 unspecified atom stereocenters. The van der Waals surface area contributed by atoms with E-state index in [-0.39, 0.29) is 5.41 Å². The highest BCUT2D eigenvalue weighted by molar-refractivity contribution is 6.30. The molecule has 17 heavy (non-hydrogen) atoms. The van der Waals surface area contributed by atoms with Gasteiger partial charge in [-0.3, -0.25) is 0 Å². The van der Waals surface area contributed by atoms with Crippen LogP contribution in [0.1, 0.15) is 32.3 Å². The predicted molar refractivity (Wildman–Crippen MR) is 72.2 cm³/mol. The SMILES string of the molecule is CC(C)(CNCCCC#N)c1ccc(Cl)cc1. The second-order valence-corrected chi connectivity index (χ2v) is 5.27. The minimum Gasteiger partial charge on any atom is -0.316 e. The summed E-state index contributed by atoms with van der Waals surface area (Å²) in [7, 11) is 0. The molecule has 0 saturated carbocycles. The quantitative estimate of drug-likeness (QED) is 0.785. The number of nitriles is 1. The summed E-state index contributed by atoms with van der Waals surface area (Å²) in [6.07, 6.45) is 1.53. The first-order valence-corrected chi connectivity index (χ1v) is 6.28. The Morgan fingerprint density at radius 3 is 2.53 bits per heavy atom. The smallest absolute Gasteiger partial charge is 0.0622 e. The lowest BCUT2D eigenvalue weighted by molar-refractivity contribution is 0.467. The molecule has 1 N–H and O–H groups in total. The Labute approximate surface area is 109 Å². The molecule has 0 radical (unpaired) electrons. The van der Waals surface area contributed by atoms with Crippen molar-refractivity contribution in [1.29, 1.82) is 5.26 Å². The van der Waals surface area contributed by atoms with Crippen LogP contribution in [-0.4, -0.2) is 13.1 Å². The summed E-state index contributed by atoms with van der Waals surface area (Å²) in [5.74, 6) is 0. The average Bonchev–Trinajstić information content (AvgIpc) is 2.29. The van der Waals surface area contributed by atoms with Gasteiger partial charge in [0.25, 0.3) is 0 Å². The van der Waals surface area contributed by atoms with E-state index in [0.29, 0.717) is 6.42 Å². The van der Waals surface area contributed by atoms with Gasteiger partial charge in [-0.25, -0.2) is 0 Å². The van der Waals surface area contributed by atoms with Gasteiger partial charge in [-0.05, 0) is 30.7 Å². The molecule has 0 heterocycles. The van der Waals surface area contributed by atoms with Crippen molar-refractivity contribution >= 4 is 11.6 Å². The fourth-order valence-corrected chi connectivity index (χ4v) is 1.82. The van der Waals surface area contributed by atoms with Gasteiger partial charge >= 0.3 is 0 Å². The summed E-state index contributed by atoms with van der Waals surface area (Å²) in [5.41, 5.74) is 1.35. The van der Waals surface area contributed by atoms with Crippen LogP contribution >= 0.6 is 11.6 Å². The van der Waals surface area contributed by atoms with Gasteiger partial charge in [-0.1, -0.05) is 37.6 Å². The molecule has 0 aromatic heterocycles. The molecule has 1 aromatic rings. The van der Waals surface area contributed by atoms with E-state index < -0.39 is 0 Å². The Bertz CT molecular complexity index is 376. The van der Waals surface area contributed by atoms with Gasteiger partial charge in [-0.2, -0.15) is 5.26 Å². The first-order chi connectivity index (χ1) is 8.06. The van der Waals surface area contributed by atoms with Crippen LogP contribution in [0.5, 0.6) is 0 Å². The lowest BCUT2D eigenvalue weighted by atomic mass is 9.84. The highest BCUT2D eigenvalue weighted by atomic mass is 35.5. The molecule has 3 heteroatoms. The number of nitrogens with zero attached hydrogens (tertiary/aromatic N) is 1. The molecule has 0 aliphatic rings. The Hall–Kier alpha value is -1.04. The number of hydrogen-bond donors (Lipinski definition) is 1. The standard InChI is InChI=1S/C14H19ClN2/c1-14(2,11-17-10-4-3-9-16)12-5-7-13(15)8-6-12/h5-8,17H,3-4,10-11H2,1-2H3. The first-order valence-electron chi connectivity index (χ1n) is 5.90. The number of benzene rings is 1. The summed E-state index contributed by atoms with van der Waals surface area (Å²) in [5, 5.41) is 12.6. The van der Waals surface area contributed by atoms with Crippen LogP contribution in [0, 0.1) is 11.3 Å². The minimum absolute atomic E-state index is 0.0806. The number of nitrogens with one attached hydrogen (secondary N) is 1. The molecule has 1 aromatic carbocycles. The zero-order chi connectivity index (χ0) is 12.7. The van der Waals surface area contributed by atoms with E-state index in [9.17, 15) is 0 Å². The number of unbranched alkanes of at least 4 members (excludes halogenated alkanes) is 1. The Morgan fingerprint density at radius 2 is 1.94 bits per heavy atom. The zero-order valence-corrected chi connectivity index (χ0v) is 11.2. The number of hydrogen-bond acceptors (Lipinski definition) is 2. The van der Waals surface area contributed by atoms with Gasteiger partial charge in [0.15, 0.2) is 0 Å². The van der Waals surface area contributed by atoms with Crippen molar-refractivity contribution < 1.29 is 0 Å². The van der Waals surface area contributed by atoms with Gasteiger partial charge in [0.1, 0.15) is 0 Å². The molecular weight excluding hydrogens is 232 g/mol. The maximum Gasteiger partial charge on any atom is 0.0622 e. The molecule has 0 aliphatic carbocycles. The van der Waals surface area contributed by atoms with Gasteiger partial charge < -0.3 is 5.32 Å². The fraction of sp³-hybridized carbons (Fsp3) is 0.500. The highest BCUT2D eigenvalue weighted by Crippen LogP contribution is 2.23. The van der Waals surface area contributed by atoms with Crippen molar-refractivity contribution in [3.8, 4) is 6.07 Å². The second kappa shape index (κ2) is 6.64. The molecule has 0 saturated heterocycles. The molecular formula is C14H19ClN2. The maximum atomic E-state index is 8.44. The Morgan fingerprint density at radius 1 is 1.29 bits per heavy atom. The lowest BCUT2D eigenvalue weighted by Gasteiger charge is -2.25. The topological polar surface area (TPSA) is 35.8 Å². The van der Waals surface area contributed by atoms with E-state index in [2.05, 4.69) is 37.4 Å². The number of halogens is 1. The summed E-state index contributed by atoms with van der Waals surface area (Å²) in [6, 6.07) is 10.1. The lowest BCUT2D eigenvalue weighted by Crippen LogP contribution is -2.33. The van der Waals surface area contributed by atoms with Crippen molar-refractivity contribution in [2.75, 3.05) is 13.1 Å². The summed E-state index contributed by atoms with van der Waals surface area (Å²) in [6.45, 7) is 6.20. The van der Waals surface area contributed by atoms with E-state index in [1.165, 1.54) is 5.56 Å². The fourth-order valence-electron chi connectivity index (χ4n) is 1.70. The van der Waals surface area contributed by atoms with Gasteiger partial charge in [0.05, 0.1) is 6.07 Å². The largest absolute Gasteiger partial charge is 0.316 e. The third-order valence-electron chi connectivity index (χ3n) is 2.83. The molecule has 0 fully saturated rings. The maximum absolute atomic E-state index is 8.44. The molecule has 0 aliphatic heterocycles. The van der Waals surface area contributed by atoms with Crippen LogP contribution < -0.4 is 5.32 Å². The van der Waals surface area contributed by atoms with E-state index >= 15 is 0 Å². The highest BCUT2D eigenvalue weighted by Gasteiger charge is 2.19. The van der Waals surface area contributed by atoms with Crippen LogP contribution in [0.15, 0.2) is 24.3 Å². The molecule has 92 valence electrons. The van der Waals surface area contributed by atoms with Crippen molar-refractivity contribution in [3.05, 3.63) is 34.9 Å². The minimum atomic E-state index is 0.0806.